The zero-order valence-electron chi connectivity index (χ0n) is 17.1. The van der Waals surface area contributed by atoms with Gasteiger partial charge in [-0.15, -0.1) is 0 Å². The molecular formula is C24H24N4O. The van der Waals surface area contributed by atoms with Crippen LogP contribution in [-0.2, 0) is 0 Å². The molecule has 1 N–H and O–H groups in total. The van der Waals surface area contributed by atoms with Gasteiger partial charge in [-0.25, -0.2) is 9.98 Å². The van der Waals surface area contributed by atoms with Gasteiger partial charge in [0.1, 0.15) is 11.6 Å². The molecule has 3 aromatic carbocycles. The van der Waals surface area contributed by atoms with Crippen LogP contribution in [0.1, 0.15) is 16.7 Å². The third-order valence-electron chi connectivity index (χ3n) is 4.85. The Morgan fingerprint density at radius 3 is 2.17 bits per heavy atom. The number of nitrogens with zero attached hydrogens (tertiary/aromatic N) is 3. The third-order valence-corrected chi connectivity index (χ3v) is 4.85. The number of anilines is 2. The summed E-state index contributed by atoms with van der Waals surface area (Å²) in [6.07, 6.45) is 0. The number of ether oxygens (including phenoxy) is 1. The van der Waals surface area contributed by atoms with Crippen molar-refractivity contribution < 1.29 is 4.74 Å². The minimum atomic E-state index is 0.662. The normalized spacial score (nSPS) is 12.8. The summed E-state index contributed by atoms with van der Waals surface area (Å²) in [4.78, 5) is 11.8. The van der Waals surface area contributed by atoms with Gasteiger partial charge in [-0.1, -0.05) is 6.07 Å². The predicted molar refractivity (Wildman–Crippen MR) is 121 cm³/mol. The highest BCUT2D eigenvalue weighted by Gasteiger charge is 2.16. The molecule has 0 aliphatic carbocycles. The van der Waals surface area contributed by atoms with Gasteiger partial charge in [0.2, 0.25) is 0 Å². The van der Waals surface area contributed by atoms with Gasteiger partial charge in [0.25, 0.3) is 0 Å². The van der Waals surface area contributed by atoms with E-state index >= 15 is 0 Å². The molecule has 146 valence electrons. The Labute approximate surface area is 171 Å². The van der Waals surface area contributed by atoms with E-state index < -0.39 is 0 Å². The Morgan fingerprint density at radius 2 is 1.52 bits per heavy atom. The maximum atomic E-state index is 5.28. The molecule has 1 heterocycles. The molecule has 0 saturated heterocycles. The summed E-state index contributed by atoms with van der Waals surface area (Å²) in [5, 5.41) is 3.48. The Balaban J connectivity index is 1.81. The van der Waals surface area contributed by atoms with E-state index in [1.54, 1.807) is 7.11 Å². The molecule has 0 amide bonds. The molecule has 4 rings (SSSR count). The van der Waals surface area contributed by atoms with Gasteiger partial charge in [-0.2, -0.15) is 0 Å². The number of amidine groups is 2. The van der Waals surface area contributed by atoms with E-state index in [2.05, 4.69) is 53.5 Å². The predicted octanol–water partition coefficient (Wildman–Crippen LogP) is 5.02. The number of nitrogens with one attached hydrogen (secondary N) is 1. The van der Waals surface area contributed by atoms with E-state index in [-0.39, 0.29) is 0 Å². The first-order valence-corrected chi connectivity index (χ1v) is 9.51. The van der Waals surface area contributed by atoms with Crippen LogP contribution in [0.15, 0.2) is 76.7 Å². The van der Waals surface area contributed by atoms with Crippen molar-refractivity contribution in [3.8, 4) is 5.75 Å². The lowest BCUT2D eigenvalue weighted by molar-refractivity contribution is 0.415. The van der Waals surface area contributed by atoms with Crippen LogP contribution < -0.4 is 15.0 Å². The number of hydrogen-bond donors (Lipinski definition) is 1. The molecule has 29 heavy (non-hydrogen) atoms. The number of benzene rings is 3. The van der Waals surface area contributed by atoms with Crippen LogP contribution in [0.5, 0.6) is 5.75 Å². The number of aryl methyl sites for hydroxylation is 1. The smallest absolute Gasteiger partial charge is 0.162 e. The summed E-state index contributed by atoms with van der Waals surface area (Å²) in [6, 6.07) is 22.3. The van der Waals surface area contributed by atoms with Crippen LogP contribution >= 0.6 is 0 Å². The van der Waals surface area contributed by atoms with Gasteiger partial charge in [-0.05, 0) is 73.2 Å². The van der Waals surface area contributed by atoms with Gasteiger partial charge in [0.15, 0.2) is 5.84 Å². The van der Waals surface area contributed by atoms with Crippen molar-refractivity contribution in [2.75, 3.05) is 31.4 Å². The second kappa shape index (κ2) is 7.80. The molecular weight excluding hydrogens is 360 g/mol. The van der Waals surface area contributed by atoms with Crippen molar-refractivity contribution in [1.82, 2.24) is 0 Å². The monoisotopic (exact) mass is 384 g/mol. The summed E-state index contributed by atoms with van der Waals surface area (Å²) < 4.78 is 5.28. The molecule has 0 spiro atoms. The lowest BCUT2D eigenvalue weighted by Gasteiger charge is -2.14. The van der Waals surface area contributed by atoms with Crippen LogP contribution in [0.4, 0.5) is 17.1 Å². The van der Waals surface area contributed by atoms with Crippen molar-refractivity contribution in [2.45, 2.75) is 6.92 Å². The zero-order chi connectivity index (χ0) is 20.4. The number of rotatable bonds is 4. The maximum absolute atomic E-state index is 5.28. The Bertz CT molecular complexity index is 1080. The fourth-order valence-corrected chi connectivity index (χ4v) is 3.17. The average molecular weight is 384 g/mol. The van der Waals surface area contributed by atoms with E-state index in [1.165, 1.54) is 5.56 Å². The fourth-order valence-electron chi connectivity index (χ4n) is 3.17. The minimum Gasteiger partial charge on any atom is -0.497 e. The summed E-state index contributed by atoms with van der Waals surface area (Å²) >= 11 is 0. The first-order chi connectivity index (χ1) is 14.0. The van der Waals surface area contributed by atoms with Gasteiger partial charge >= 0.3 is 0 Å². The third kappa shape index (κ3) is 3.99. The van der Waals surface area contributed by atoms with E-state index in [4.69, 9.17) is 14.7 Å². The zero-order valence-corrected chi connectivity index (χ0v) is 17.1. The highest BCUT2D eigenvalue weighted by Crippen LogP contribution is 2.30. The quantitative estimate of drug-likeness (QED) is 0.687. The van der Waals surface area contributed by atoms with Gasteiger partial charge in [0, 0.05) is 30.9 Å². The molecule has 5 heteroatoms. The highest BCUT2D eigenvalue weighted by molar-refractivity contribution is 6.19. The standard InChI is InChI=1S/C24H24N4O/c1-16-5-14-21-22(15-16)26-24(17-6-10-19(11-7-17)28(2)3)27-23(25-21)18-8-12-20(29-4)13-9-18/h5-15H,1-4H3,(H,25,26,27). The largest absolute Gasteiger partial charge is 0.497 e. The molecule has 0 radical (unpaired) electrons. The van der Waals surface area contributed by atoms with Crippen LogP contribution in [0.2, 0.25) is 0 Å². The second-order valence-electron chi connectivity index (χ2n) is 7.21. The summed E-state index contributed by atoms with van der Waals surface area (Å²) in [6.45, 7) is 2.07. The first kappa shape index (κ1) is 18.7. The molecule has 0 bridgehead atoms. The van der Waals surface area contributed by atoms with E-state index in [0.29, 0.717) is 5.84 Å². The number of hydrogen-bond acceptors (Lipinski definition) is 5. The van der Waals surface area contributed by atoms with Crippen molar-refractivity contribution in [2.24, 2.45) is 9.98 Å². The molecule has 1 aliphatic heterocycles. The van der Waals surface area contributed by atoms with E-state index in [9.17, 15) is 0 Å². The number of methoxy groups -OCH3 is 1. The second-order valence-corrected chi connectivity index (χ2v) is 7.21. The first-order valence-electron chi connectivity index (χ1n) is 9.51. The van der Waals surface area contributed by atoms with Crippen LogP contribution in [0.25, 0.3) is 0 Å². The minimum absolute atomic E-state index is 0.662. The van der Waals surface area contributed by atoms with Crippen LogP contribution in [0.3, 0.4) is 0 Å². The molecule has 0 aromatic heterocycles. The van der Waals surface area contributed by atoms with Crippen molar-refractivity contribution in [3.05, 3.63) is 83.4 Å². The Kier molecular flexibility index (Phi) is 5.04. The number of aliphatic imine (C=N–C) groups is 2. The fraction of sp³-hybridized carbons (Fsp3) is 0.167. The van der Waals surface area contributed by atoms with Crippen molar-refractivity contribution >= 4 is 28.7 Å². The molecule has 1 aliphatic rings. The Hall–Kier alpha value is -3.60. The van der Waals surface area contributed by atoms with Gasteiger partial charge < -0.3 is 15.0 Å². The van der Waals surface area contributed by atoms with Crippen molar-refractivity contribution in [1.29, 1.82) is 0 Å². The topological polar surface area (TPSA) is 49.2 Å². The molecule has 3 aromatic rings. The van der Waals surface area contributed by atoms with Gasteiger partial charge in [-0.3, -0.25) is 0 Å². The SMILES string of the molecule is COc1ccc(C2=Nc3ccc(C)cc3NC(c3ccc(N(C)C)cc3)=N2)cc1. The van der Waals surface area contributed by atoms with Crippen LogP contribution in [0, 0.1) is 6.92 Å². The lowest BCUT2D eigenvalue weighted by atomic mass is 10.1. The van der Waals surface area contributed by atoms with Crippen molar-refractivity contribution in [3.63, 3.8) is 0 Å². The maximum Gasteiger partial charge on any atom is 0.162 e. The summed E-state index contributed by atoms with van der Waals surface area (Å²) in [5.74, 6) is 2.24. The summed E-state index contributed by atoms with van der Waals surface area (Å²) in [7, 11) is 5.72. The van der Waals surface area contributed by atoms with Gasteiger partial charge in [0.05, 0.1) is 18.5 Å². The van der Waals surface area contributed by atoms with E-state index in [0.717, 1.165) is 39.8 Å². The average Bonchev–Trinajstić information content (AvgIpc) is 2.93. The Morgan fingerprint density at radius 1 is 0.828 bits per heavy atom. The highest BCUT2D eigenvalue weighted by atomic mass is 16.5. The lowest BCUT2D eigenvalue weighted by Crippen LogP contribution is -2.15. The molecule has 0 fully saturated rings. The van der Waals surface area contributed by atoms with E-state index in [1.807, 2.05) is 44.4 Å². The molecule has 0 unspecified atom stereocenters. The molecule has 5 nitrogen and oxygen atoms in total. The summed E-state index contributed by atoms with van der Waals surface area (Å²) in [5.41, 5.74) is 6.06. The van der Waals surface area contributed by atoms with Crippen LogP contribution in [-0.4, -0.2) is 32.9 Å². The molecule has 0 saturated carbocycles. The molecule has 0 atom stereocenters. The number of fused-ring (bicyclic) bond motifs is 1.